The first-order valence-electron chi connectivity index (χ1n) is 20.0. The van der Waals surface area contributed by atoms with Gasteiger partial charge in [-0.3, -0.25) is 4.79 Å². The first-order chi connectivity index (χ1) is 27.5. The molecule has 4 heterocycles. The Morgan fingerprint density at radius 1 is 0.772 bits per heavy atom. The number of hydrogen-bond donors (Lipinski definition) is 0. The molecule has 0 spiro atoms. The monoisotopic (exact) mass is 768 g/mol. The zero-order chi connectivity index (χ0) is 40.1. The summed E-state index contributed by atoms with van der Waals surface area (Å²) in [4.78, 5) is 41.9. The predicted molar refractivity (Wildman–Crippen MR) is 220 cm³/mol. The minimum atomic E-state index is -1.11. The molecule has 0 amide bonds. The summed E-state index contributed by atoms with van der Waals surface area (Å²) in [7, 11) is 1.58. The molecule has 8 rings (SSSR count). The standard InChI is InChI=1S/C49H52O8/c1-31(2)40-22-20-32-14-16-35(17-15-32)28-37(19-18-34-12-9-13-36(27-34)26-33-10-7-6-8-11-33)29-42(50)54-45-43-41(57-49(3,4)46(45)56-48(40)52)23-21-38-30-39(24-25-53-5)47(51)55-44(38)43/h6-17,21,23,27,30,37,45-46H,18-20,22,24-26,28-29H2,1-5H3/t37-,45+,46-/m0/s1. The Morgan fingerprint density at radius 2 is 1.51 bits per heavy atom. The van der Waals surface area contributed by atoms with E-state index in [-0.39, 0.29) is 17.9 Å². The van der Waals surface area contributed by atoms with Crippen LogP contribution in [0.5, 0.6) is 5.75 Å². The summed E-state index contributed by atoms with van der Waals surface area (Å²) in [5.74, 6) is -0.585. The number of hydrogen-bond acceptors (Lipinski definition) is 8. The van der Waals surface area contributed by atoms with Gasteiger partial charge in [-0.15, -0.1) is 0 Å². The molecular weight excluding hydrogens is 717 g/mol. The lowest BCUT2D eigenvalue weighted by Gasteiger charge is -2.43. The molecule has 3 aliphatic rings. The van der Waals surface area contributed by atoms with Crippen molar-refractivity contribution in [2.45, 2.75) is 96.9 Å². The van der Waals surface area contributed by atoms with E-state index in [1.807, 2.05) is 39.8 Å². The Hall–Kier alpha value is -5.47. The second-order valence-electron chi connectivity index (χ2n) is 16.2. The molecule has 0 aliphatic carbocycles. The second-order valence-corrected chi connectivity index (χ2v) is 16.2. The Labute approximate surface area is 334 Å². The van der Waals surface area contributed by atoms with Gasteiger partial charge >= 0.3 is 17.6 Å². The van der Waals surface area contributed by atoms with Crippen LogP contribution in [-0.2, 0) is 55.9 Å². The van der Waals surface area contributed by atoms with E-state index in [1.54, 1.807) is 19.2 Å². The summed E-state index contributed by atoms with van der Waals surface area (Å²) in [5, 5.41) is 0.636. The van der Waals surface area contributed by atoms with Crippen LogP contribution in [0.3, 0.4) is 0 Å². The van der Waals surface area contributed by atoms with Crippen molar-refractivity contribution in [3.63, 3.8) is 0 Å². The Balaban J connectivity index is 1.25. The molecule has 0 saturated heterocycles. The third-order valence-electron chi connectivity index (χ3n) is 11.3. The van der Waals surface area contributed by atoms with Crippen LogP contribution in [0.2, 0.25) is 0 Å². The van der Waals surface area contributed by atoms with E-state index in [1.165, 1.54) is 16.7 Å². The summed E-state index contributed by atoms with van der Waals surface area (Å²) in [6, 6.07) is 33.0. The van der Waals surface area contributed by atoms with Crippen molar-refractivity contribution in [2.75, 3.05) is 13.7 Å². The summed E-state index contributed by atoms with van der Waals surface area (Å²) < 4.78 is 30.6. The molecule has 8 heteroatoms. The minimum absolute atomic E-state index is 0.0478. The second kappa shape index (κ2) is 17.3. The molecule has 2 bridgehead atoms. The Morgan fingerprint density at radius 3 is 2.26 bits per heavy atom. The van der Waals surface area contributed by atoms with Crippen LogP contribution in [0.1, 0.15) is 92.0 Å². The van der Waals surface area contributed by atoms with E-state index >= 15 is 0 Å². The van der Waals surface area contributed by atoms with Gasteiger partial charge in [0.2, 0.25) is 0 Å². The first kappa shape index (κ1) is 39.8. The number of esters is 2. The summed E-state index contributed by atoms with van der Waals surface area (Å²) in [5.41, 5.74) is 6.80. The molecule has 0 saturated carbocycles. The zero-order valence-corrected chi connectivity index (χ0v) is 33.6. The number of ether oxygens (including phenoxy) is 4. The fraction of sp³-hybridized carbons (Fsp3) is 0.367. The van der Waals surface area contributed by atoms with Crippen molar-refractivity contribution in [1.82, 2.24) is 0 Å². The maximum Gasteiger partial charge on any atom is 0.339 e. The molecule has 3 aliphatic heterocycles. The maximum atomic E-state index is 14.4. The van der Waals surface area contributed by atoms with Crippen molar-refractivity contribution >= 4 is 22.9 Å². The number of benzene rings is 4. The van der Waals surface area contributed by atoms with Crippen LogP contribution in [0.25, 0.3) is 11.0 Å². The summed E-state index contributed by atoms with van der Waals surface area (Å²) >= 11 is 0. The summed E-state index contributed by atoms with van der Waals surface area (Å²) in [6.45, 7) is 7.79. The molecule has 5 aromatic rings. The highest BCUT2D eigenvalue weighted by atomic mass is 16.6. The van der Waals surface area contributed by atoms with Gasteiger partial charge in [0.1, 0.15) is 16.9 Å². The lowest BCUT2D eigenvalue weighted by atomic mass is 9.86. The van der Waals surface area contributed by atoms with Crippen LogP contribution in [0.4, 0.5) is 0 Å². The lowest BCUT2D eigenvalue weighted by molar-refractivity contribution is -0.188. The van der Waals surface area contributed by atoms with Crippen LogP contribution in [-0.4, -0.2) is 37.4 Å². The van der Waals surface area contributed by atoms with Crippen LogP contribution in [0.15, 0.2) is 117 Å². The average Bonchev–Trinajstić information content (AvgIpc) is 3.18. The van der Waals surface area contributed by atoms with Gasteiger partial charge in [0.15, 0.2) is 12.2 Å². The Bertz CT molecular complexity index is 2310. The third kappa shape index (κ3) is 9.40. The number of carbonyl (C=O) groups is 2. The lowest BCUT2D eigenvalue weighted by Crippen LogP contribution is -2.52. The molecular formula is C49H52O8. The van der Waals surface area contributed by atoms with Gasteiger partial charge in [0, 0.05) is 36.5 Å². The fourth-order valence-electron chi connectivity index (χ4n) is 8.14. The van der Waals surface area contributed by atoms with Crippen LogP contribution in [0, 0.1) is 5.92 Å². The highest BCUT2D eigenvalue weighted by molar-refractivity contribution is 5.90. The number of rotatable bonds is 8. The number of methoxy groups -OCH3 is 1. The highest BCUT2D eigenvalue weighted by Gasteiger charge is 2.50. The third-order valence-corrected chi connectivity index (χ3v) is 11.3. The molecule has 0 N–H and O–H groups in total. The largest absolute Gasteiger partial charge is 0.483 e. The van der Waals surface area contributed by atoms with E-state index in [4.69, 9.17) is 23.4 Å². The molecule has 0 unspecified atom stereocenters. The minimum Gasteiger partial charge on any atom is -0.483 e. The predicted octanol–water partition coefficient (Wildman–Crippen LogP) is 9.40. The maximum absolute atomic E-state index is 14.4. The van der Waals surface area contributed by atoms with Crippen LogP contribution < -0.4 is 10.4 Å². The van der Waals surface area contributed by atoms with Crippen molar-refractivity contribution in [3.05, 3.63) is 158 Å². The van der Waals surface area contributed by atoms with Crippen molar-refractivity contribution < 1.29 is 33.0 Å². The fourth-order valence-corrected chi connectivity index (χ4v) is 8.14. The van der Waals surface area contributed by atoms with Crippen molar-refractivity contribution in [2.24, 2.45) is 5.92 Å². The number of fused-ring (bicyclic) bond motifs is 13. The molecule has 0 radical (unpaired) electrons. The van der Waals surface area contributed by atoms with Crippen LogP contribution >= 0.6 is 0 Å². The van der Waals surface area contributed by atoms with Gasteiger partial charge in [-0.05, 0) is 118 Å². The summed E-state index contributed by atoms with van der Waals surface area (Å²) in [6.07, 6.45) is 2.56. The zero-order valence-electron chi connectivity index (χ0n) is 33.6. The topological polar surface area (TPSA) is 101 Å². The molecule has 296 valence electrons. The molecule has 0 fully saturated rings. The van der Waals surface area contributed by atoms with Gasteiger partial charge in [0.25, 0.3) is 0 Å². The van der Waals surface area contributed by atoms with E-state index in [2.05, 4.69) is 72.8 Å². The van der Waals surface area contributed by atoms with E-state index in [0.29, 0.717) is 60.1 Å². The molecule has 8 nitrogen and oxygen atoms in total. The van der Waals surface area contributed by atoms with E-state index in [0.717, 1.165) is 36.0 Å². The smallest absolute Gasteiger partial charge is 0.339 e. The number of aryl methyl sites for hydroxylation is 2. The van der Waals surface area contributed by atoms with Gasteiger partial charge in [-0.2, -0.15) is 0 Å². The van der Waals surface area contributed by atoms with Gasteiger partial charge < -0.3 is 23.4 Å². The normalized spacial score (nSPS) is 19.6. The molecule has 57 heavy (non-hydrogen) atoms. The van der Waals surface area contributed by atoms with Gasteiger partial charge in [-0.25, -0.2) is 9.59 Å². The van der Waals surface area contributed by atoms with Gasteiger partial charge in [0.05, 0.1) is 12.2 Å². The van der Waals surface area contributed by atoms with Crippen molar-refractivity contribution in [1.29, 1.82) is 0 Å². The quantitative estimate of drug-likeness (QED) is 0.0875. The van der Waals surface area contributed by atoms with E-state index in [9.17, 15) is 14.4 Å². The van der Waals surface area contributed by atoms with E-state index < -0.39 is 35.4 Å². The highest BCUT2D eigenvalue weighted by Crippen LogP contribution is 2.47. The molecule has 3 atom stereocenters. The van der Waals surface area contributed by atoms with Gasteiger partial charge in [-0.1, -0.05) is 84.4 Å². The SMILES string of the molecule is COCCc1cc2ccc3c(c2oc1=O)[C@H]1OC(=O)C[C@@H](CCc2cccc(Cc4ccccc4)c2)Cc2ccc(cc2)CCC(=C(C)C)C(=O)O[C@@H]1C(C)(C)O3. The first-order valence-corrected chi connectivity index (χ1v) is 20.0. The Kier molecular flexibility index (Phi) is 12.1. The number of allylic oxidation sites excluding steroid dienone is 1. The molecule has 1 aromatic heterocycles. The number of carbonyl (C=O) groups excluding carboxylic acids is 2. The average molecular weight is 769 g/mol. The molecule has 4 aromatic carbocycles. The van der Waals surface area contributed by atoms with Crippen molar-refractivity contribution in [3.8, 4) is 5.75 Å².